The molecule has 0 heterocycles. The first-order chi connectivity index (χ1) is 12.5. The summed E-state index contributed by atoms with van der Waals surface area (Å²) in [6, 6.07) is 14.7. The van der Waals surface area contributed by atoms with Crippen LogP contribution in [0.4, 0.5) is 10.5 Å². The summed E-state index contributed by atoms with van der Waals surface area (Å²) in [7, 11) is 1.23. The number of esters is 1. The average molecular weight is 356 g/mol. The van der Waals surface area contributed by atoms with Gasteiger partial charge < -0.3 is 20.1 Å². The maximum Gasteiger partial charge on any atom is 0.408 e. The lowest BCUT2D eigenvalue weighted by atomic mass is 10.1. The molecule has 2 amide bonds. The molecule has 0 aliphatic heterocycles. The minimum absolute atomic E-state index is 0.0759. The molecular formula is C19H20N2O5. The van der Waals surface area contributed by atoms with Gasteiger partial charge in [0.25, 0.3) is 0 Å². The Kier molecular flexibility index (Phi) is 6.73. The van der Waals surface area contributed by atoms with E-state index in [1.807, 2.05) is 30.3 Å². The minimum Gasteiger partial charge on any atom is -0.467 e. The summed E-state index contributed by atoms with van der Waals surface area (Å²) in [6.07, 6.45) is -0.755. The summed E-state index contributed by atoms with van der Waals surface area (Å²) in [4.78, 5) is 35.3. The highest BCUT2D eigenvalue weighted by Crippen LogP contribution is 2.19. The van der Waals surface area contributed by atoms with Crippen LogP contribution in [0, 0.1) is 0 Å². The van der Waals surface area contributed by atoms with Crippen LogP contribution in [0.15, 0.2) is 54.6 Å². The van der Waals surface area contributed by atoms with Crippen molar-refractivity contribution in [2.45, 2.75) is 19.6 Å². The maximum atomic E-state index is 12.1. The van der Waals surface area contributed by atoms with Crippen LogP contribution in [0.2, 0.25) is 0 Å². The third-order valence-corrected chi connectivity index (χ3v) is 3.45. The predicted octanol–water partition coefficient (Wildman–Crippen LogP) is 2.79. The van der Waals surface area contributed by atoms with Crippen LogP contribution >= 0.6 is 0 Å². The molecule has 0 aliphatic carbocycles. The Morgan fingerprint density at radius 1 is 1.04 bits per heavy atom. The predicted molar refractivity (Wildman–Crippen MR) is 95.3 cm³/mol. The van der Waals surface area contributed by atoms with Gasteiger partial charge in [-0.25, -0.2) is 9.59 Å². The molecule has 0 spiro atoms. The smallest absolute Gasteiger partial charge is 0.408 e. The summed E-state index contributed by atoms with van der Waals surface area (Å²) in [5.41, 5.74) is 1.79. The number of carbonyl (C=O) groups excluding carboxylic acids is 3. The highest BCUT2D eigenvalue weighted by molar-refractivity contribution is 5.89. The summed E-state index contributed by atoms with van der Waals surface area (Å²) >= 11 is 0. The minimum atomic E-state index is -1.06. The van der Waals surface area contributed by atoms with Crippen molar-refractivity contribution in [3.05, 3.63) is 65.7 Å². The van der Waals surface area contributed by atoms with Crippen molar-refractivity contribution in [1.29, 1.82) is 0 Å². The van der Waals surface area contributed by atoms with Crippen LogP contribution in [0.25, 0.3) is 0 Å². The number of amides is 2. The number of alkyl carbamates (subject to hydrolysis) is 1. The Labute approximate surface area is 151 Å². The molecule has 0 bridgehead atoms. The lowest BCUT2D eigenvalue weighted by molar-refractivity contribution is -0.143. The molecule has 26 heavy (non-hydrogen) atoms. The van der Waals surface area contributed by atoms with Gasteiger partial charge in [0.2, 0.25) is 5.91 Å². The van der Waals surface area contributed by atoms with Crippen molar-refractivity contribution < 1.29 is 23.9 Å². The largest absolute Gasteiger partial charge is 0.467 e. The molecule has 0 saturated carbocycles. The van der Waals surface area contributed by atoms with Crippen molar-refractivity contribution >= 4 is 23.7 Å². The van der Waals surface area contributed by atoms with E-state index < -0.39 is 18.1 Å². The first kappa shape index (κ1) is 19.0. The van der Waals surface area contributed by atoms with Crippen LogP contribution < -0.4 is 10.6 Å². The fraction of sp³-hybridized carbons (Fsp3) is 0.211. The Morgan fingerprint density at radius 2 is 1.77 bits per heavy atom. The summed E-state index contributed by atoms with van der Waals surface area (Å²) in [5, 5.41) is 5.11. The zero-order valence-electron chi connectivity index (χ0n) is 14.5. The molecule has 1 atom stereocenters. The molecule has 0 unspecified atom stereocenters. The normalized spacial score (nSPS) is 11.2. The van der Waals surface area contributed by atoms with E-state index in [-0.39, 0.29) is 12.5 Å². The van der Waals surface area contributed by atoms with Crippen LogP contribution in [0.3, 0.4) is 0 Å². The van der Waals surface area contributed by atoms with Gasteiger partial charge in [0.05, 0.1) is 7.11 Å². The van der Waals surface area contributed by atoms with Crippen molar-refractivity contribution in [3.8, 4) is 0 Å². The Hall–Kier alpha value is -3.35. The van der Waals surface area contributed by atoms with Crippen LogP contribution in [0.5, 0.6) is 0 Å². The second-order valence-electron chi connectivity index (χ2n) is 5.47. The van der Waals surface area contributed by atoms with Crippen molar-refractivity contribution in [2.24, 2.45) is 0 Å². The second kappa shape index (κ2) is 9.22. The first-order valence-electron chi connectivity index (χ1n) is 7.92. The molecule has 2 aromatic rings. The number of anilines is 1. The van der Waals surface area contributed by atoms with Crippen molar-refractivity contribution in [3.63, 3.8) is 0 Å². The molecule has 2 N–H and O–H groups in total. The van der Waals surface area contributed by atoms with Gasteiger partial charge in [-0.15, -0.1) is 0 Å². The lowest BCUT2D eigenvalue weighted by Crippen LogP contribution is -2.35. The van der Waals surface area contributed by atoms with Gasteiger partial charge in [-0.05, 0) is 23.3 Å². The lowest BCUT2D eigenvalue weighted by Gasteiger charge is -2.17. The molecule has 7 heteroatoms. The van der Waals surface area contributed by atoms with E-state index in [9.17, 15) is 14.4 Å². The van der Waals surface area contributed by atoms with Gasteiger partial charge >= 0.3 is 12.1 Å². The monoisotopic (exact) mass is 356 g/mol. The molecule has 0 aliphatic rings. The number of benzene rings is 2. The number of hydrogen-bond donors (Lipinski definition) is 2. The number of methoxy groups -OCH3 is 1. The molecule has 136 valence electrons. The summed E-state index contributed by atoms with van der Waals surface area (Å²) in [6.45, 7) is 1.45. The molecule has 0 fully saturated rings. The van der Waals surface area contributed by atoms with Gasteiger partial charge in [-0.3, -0.25) is 4.79 Å². The molecule has 0 radical (unpaired) electrons. The zero-order valence-corrected chi connectivity index (χ0v) is 14.5. The third kappa shape index (κ3) is 5.62. The Bertz CT molecular complexity index is 777. The summed E-state index contributed by atoms with van der Waals surface area (Å²) in [5.74, 6) is -0.895. The van der Waals surface area contributed by atoms with Gasteiger partial charge in [-0.2, -0.15) is 0 Å². The van der Waals surface area contributed by atoms with E-state index in [0.717, 1.165) is 5.56 Å². The topological polar surface area (TPSA) is 93.7 Å². The van der Waals surface area contributed by atoms with Gasteiger partial charge in [0.1, 0.15) is 6.61 Å². The maximum absolute atomic E-state index is 12.1. The number of carbonyl (C=O) groups is 3. The Morgan fingerprint density at radius 3 is 2.42 bits per heavy atom. The van der Waals surface area contributed by atoms with Crippen molar-refractivity contribution in [1.82, 2.24) is 5.32 Å². The van der Waals surface area contributed by atoms with Gasteiger partial charge in [-0.1, -0.05) is 42.5 Å². The standard InChI is InChI=1S/C19H20N2O5/c1-13(22)20-16-10-6-9-15(11-16)17(18(23)25-2)21-19(24)26-12-14-7-4-3-5-8-14/h3-11,17H,12H2,1-2H3,(H,20,22)(H,21,24)/t17-/m1/s1. The number of ether oxygens (including phenoxy) is 2. The molecule has 0 saturated heterocycles. The van der Waals surface area contributed by atoms with Crippen LogP contribution in [-0.4, -0.2) is 25.1 Å². The highest BCUT2D eigenvalue weighted by Gasteiger charge is 2.24. The van der Waals surface area contributed by atoms with E-state index in [1.54, 1.807) is 24.3 Å². The van der Waals surface area contributed by atoms with E-state index in [1.165, 1.54) is 14.0 Å². The quantitative estimate of drug-likeness (QED) is 0.776. The number of nitrogens with one attached hydrogen (secondary N) is 2. The third-order valence-electron chi connectivity index (χ3n) is 3.45. The molecule has 7 nitrogen and oxygen atoms in total. The highest BCUT2D eigenvalue weighted by atomic mass is 16.6. The molecule has 0 aromatic heterocycles. The number of rotatable bonds is 6. The zero-order chi connectivity index (χ0) is 18.9. The SMILES string of the molecule is COC(=O)[C@H](NC(=O)OCc1ccccc1)c1cccc(NC(C)=O)c1. The summed E-state index contributed by atoms with van der Waals surface area (Å²) < 4.78 is 9.90. The van der Waals surface area contributed by atoms with Gasteiger partial charge in [0, 0.05) is 12.6 Å². The van der Waals surface area contributed by atoms with E-state index >= 15 is 0 Å². The van der Waals surface area contributed by atoms with Crippen molar-refractivity contribution in [2.75, 3.05) is 12.4 Å². The van der Waals surface area contributed by atoms with E-state index in [0.29, 0.717) is 11.3 Å². The average Bonchev–Trinajstić information content (AvgIpc) is 2.64. The van der Waals surface area contributed by atoms with Gasteiger partial charge in [0.15, 0.2) is 6.04 Å². The molecule has 2 aromatic carbocycles. The van der Waals surface area contributed by atoms with E-state index in [4.69, 9.17) is 9.47 Å². The number of hydrogen-bond acceptors (Lipinski definition) is 5. The second-order valence-corrected chi connectivity index (χ2v) is 5.47. The van der Waals surface area contributed by atoms with E-state index in [2.05, 4.69) is 10.6 Å². The fourth-order valence-electron chi connectivity index (χ4n) is 2.28. The first-order valence-corrected chi connectivity index (χ1v) is 7.92. The fourth-order valence-corrected chi connectivity index (χ4v) is 2.28. The van der Waals surface area contributed by atoms with Crippen LogP contribution in [-0.2, 0) is 25.7 Å². The Balaban J connectivity index is 2.08. The molecule has 2 rings (SSSR count). The molecular weight excluding hydrogens is 336 g/mol. The van der Waals surface area contributed by atoms with Crippen LogP contribution in [0.1, 0.15) is 24.1 Å².